The minimum Gasteiger partial charge on any atom is -0.381 e. The molecule has 0 saturated carbocycles. The molecule has 104 valence electrons. The van der Waals surface area contributed by atoms with E-state index in [2.05, 4.69) is 12.2 Å². The van der Waals surface area contributed by atoms with Crippen LogP contribution in [0.2, 0.25) is 0 Å². The maximum Gasteiger partial charge on any atom is 0.0951 e. The first-order valence-corrected chi connectivity index (χ1v) is 7.33. The third-order valence-corrected chi connectivity index (χ3v) is 4.73. The predicted octanol–water partition coefficient (Wildman–Crippen LogP) is 1.34. The van der Waals surface area contributed by atoms with E-state index in [9.17, 15) is 0 Å². The summed E-state index contributed by atoms with van der Waals surface area (Å²) in [6.07, 6.45) is 4.49. The van der Waals surface area contributed by atoms with Crippen LogP contribution in [0.1, 0.15) is 32.6 Å². The van der Waals surface area contributed by atoms with Crippen LogP contribution < -0.4 is 5.32 Å². The summed E-state index contributed by atoms with van der Waals surface area (Å²) in [7, 11) is 0. The molecule has 4 heteroatoms. The summed E-state index contributed by atoms with van der Waals surface area (Å²) in [5, 5.41) is 3.80. The van der Waals surface area contributed by atoms with E-state index in [1.165, 1.54) is 6.42 Å². The number of hydrogen-bond acceptors (Lipinski definition) is 4. The van der Waals surface area contributed by atoms with Crippen molar-refractivity contribution in [2.24, 2.45) is 5.92 Å². The zero-order valence-electron chi connectivity index (χ0n) is 11.3. The van der Waals surface area contributed by atoms with E-state index < -0.39 is 0 Å². The lowest BCUT2D eigenvalue weighted by atomic mass is 9.88. The molecule has 0 aromatic heterocycles. The van der Waals surface area contributed by atoms with Gasteiger partial charge in [-0.2, -0.15) is 0 Å². The highest BCUT2D eigenvalue weighted by Crippen LogP contribution is 2.33. The summed E-state index contributed by atoms with van der Waals surface area (Å²) in [4.78, 5) is 0. The molecule has 4 unspecified atom stereocenters. The smallest absolute Gasteiger partial charge is 0.0951 e. The topological polar surface area (TPSA) is 39.7 Å². The minimum atomic E-state index is 0.0157. The molecule has 3 fully saturated rings. The van der Waals surface area contributed by atoms with Crippen molar-refractivity contribution in [3.05, 3.63) is 0 Å². The summed E-state index contributed by atoms with van der Waals surface area (Å²) >= 11 is 0. The van der Waals surface area contributed by atoms with Gasteiger partial charge in [0.05, 0.1) is 18.8 Å². The van der Waals surface area contributed by atoms with Crippen molar-refractivity contribution < 1.29 is 14.2 Å². The molecule has 4 nitrogen and oxygen atoms in total. The fourth-order valence-electron chi connectivity index (χ4n) is 3.49. The first kappa shape index (κ1) is 12.9. The molecule has 0 aromatic rings. The molecule has 4 atom stereocenters. The molecule has 1 spiro atoms. The van der Waals surface area contributed by atoms with Gasteiger partial charge in [0.15, 0.2) is 0 Å². The van der Waals surface area contributed by atoms with Crippen molar-refractivity contribution in [2.75, 3.05) is 33.0 Å². The molecule has 3 saturated heterocycles. The third-order valence-electron chi connectivity index (χ3n) is 4.73. The molecule has 0 aliphatic carbocycles. The van der Waals surface area contributed by atoms with Gasteiger partial charge in [-0.1, -0.05) is 0 Å². The first-order chi connectivity index (χ1) is 8.77. The highest BCUT2D eigenvalue weighted by molar-refractivity contribution is 4.94. The Labute approximate surface area is 109 Å². The molecule has 3 rings (SSSR count). The van der Waals surface area contributed by atoms with Gasteiger partial charge in [0.2, 0.25) is 0 Å². The number of nitrogens with one attached hydrogen (secondary N) is 1. The Bertz CT molecular complexity index is 272. The molecular formula is C14H25NO3. The number of hydrogen-bond donors (Lipinski definition) is 1. The summed E-state index contributed by atoms with van der Waals surface area (Å²) in [6, 6.07) is 1.13. The lowest BCUT2D eigenvalue weighted by molar-refractivity contribution is -0.0907. The summed E-state index contributed by atoms with van der Waals surface area (Å²) < 4.78 is 17.0. The van der Waals surface area contributed by atoms with Crippen LogP contribution in [0.5, 0.6) is 0 Å². The molecule has 0 aromatic carbocycles. The SMILES string of the molecule is CC(NC1CCOC2(CCOC2)C1)C1CCOC1. The lowest BCUT2D eigenvalue weighted by Crippen LogP contribution is -2.51. The van der Waals surface area contributed by atoms with Crippen LogP contribution in [0.25, 0.3) is 0 Å². The Morgan fingerprint density at radius 1 is 1.17 bits per heavy atom. The number of ether oxygens (including phenoxy) is 3. The standard InChI is InChI=1S/C14H25NO3/c1-11(12-2-5-16-9-12)15-13-3-6-18-14(8-13)4-7-17-10-14/h11-13,15H,2-10H2,1H3. The van der Waals surface area contributed by atoms with Crippen LogP contribution in [0.4, 0.5) is 0 Å². The second-order valence-electron chi connectivity index (χ2n) is 6.10. The van der Waals surface area contributed by atoms with E-state index in [0.717, 1.165) is 52.3 Å². The third kappa shape index (κ3) is 2.72. The molecule has 1 N–H and O–H groups in total. The highest BCUT2D eigenvalue weighted by Gasteiger charge is 2.41. The molecule has 18 heavy (non-hydrogen) atoms. The summed E-state index contributed by atoms with van der Waals surface area (Å²) in [5.41, 5.74) is 0.0157. The zero-order valence-corrected chi connectivity index (χ0v) is 11.3. The second-order valence-corrected chi connectivity index (χ2v) is 6.10. The van der Waals surface area contributed by atoms with Gasteiger partial charge in [0.25, 0.3) is 0 Å². The van der Waals surface area contributed by atoms with E-state index in [-0.39, 0.29) is 5.60 Å². The van der Waals surface area contributed by atoms with Crippen molar-refractivity contribution >= 4 is 0 Å². The largest absolute Gasteiger partial charge is 0.381 e. The van der Waals surface area contributed by atoms with Gasteiger partial charge in [-0.3, -0.25) is 0 Å². The van der Waals surface area contributed by atoms with Gasteiger partial charge in [0.1, 0.15) is 0 Å². The van der Waals surface area contributed by atoms with Gasteiger partial charge in [-0.15, -0.1) is 0 Å². The van der Waals surface area contributed by atoms with Crippen molar-refractivity contribution in [1.82, 2.24) is 5.32 Å². The zero-order chi connectivity index (χ0) is 12.4. The average molecular weight is 255 g/mol. The fourth-order valence-corrected chi connectivity index (χ4v) is 3.49. The predicted molar refractivity (Wildman–Crippen MR) is 68.7 cm³/mol. The summed E-state index contributed by atoms with van der Waals surface area (Å²) in [6.45, 7) is 6.67. The van der Waals surface area contributed by atoms with Crippen LogP contribution in [-0.2, 0) is 14.2 Å². The average Bonchev–Trinajstić information content (AvgIpc) is 3.01. The van der Waals surface area contributed by atoms with E-state index in [1.807, 2.05) is 0 Å². The van der Waals surface area contributed by atoms with Crippen LogP contribution in [-0.4, -0.2) is 50.7 Å². The van der Waals surface area contributed by atoms with Crippen LogP contribution in [0.3, 0.4) is 0 Å². The monoisotopic (exact) mass is 255 g/mol. The first-order valence-electron chi connectivity index (χ1n) is 7.33. The van der Waals surface area contributed by atoms with E-state index in [4.69, 9.17) is 14.2 Å². The van der Waals surface area contributed by atoms with Crippen molar-refractivity contribution in [1.29, 1.82) is 0 Å². The van der Waals surface area contributed by atoms with E-state index in [0.29, 0.717) is 18.0 Å². The van der Waals surface area contributed by atoms with Crippen molar-refractivity contribution in [3.63, 3.8) is 0 Å². The van der Waals surface area contributed by atoms with Crippen molar-refractivity contribution in [2.45, 2.75) is 50.3 Å². The minimum absolute atomic E-state index is 0.0157. The normalized spacial score (nSPS) is 42.5. The molecule has 3 aliphatic rings. The molecule has 0 amide bonds. The molecule has 3 aliphatic heterocycles. The quantitative estimate of drug-likeness (QED) is 0.826. The van der Waals surface area contributed by atoms with Crippen LogP contribution in [0, 0.1) is 5.92 Å². The molecule has 3 heterocycles. The van der Waals surface area contributed by atoms with Gasteiger partial charge >= 0.3 is 0 Å². The van der Waals surface area contributed by atoms with Gasteiger partial charge in [0, 0.05) is 38.3 Å². The maximum absolute atomic E-state index is 5.97. The number of rotatable bonds is 3. The van der Waals surface area contributed by atoms with Crippen molar-refractivity contribution in [3.8, 4) is 0 Å². The Hall–Kier alpha value is -0.160. The second kappa shape index (κ2) is 5.45. The summed E-state index contributed by atoms with van der Waals surface area (Å²) in [5.74, 6) is 0.684. The Balaban J connectivity index is 1.52. The molecule has 0 bridgehead atoms. The van der Waals surface area contributed by atoms with Gasteiger partial charge < -0.3 is 19.5 Å². The fraction of sp³-hybridized carbons (Fsp3) is 1.00. The van der Waals surface area contributed by atoms with Crippen LogP contribution in [0.15, 0.2) is 0 Å². The van der Waals surface area contributed by atoms with Gasteiger partial charge in [-0.25, -0.2) is 0 Å². The molecule has 0 radical (unpaired) electrons. The Morgan fingerprint density at radius 3 is 2.83 bits per heavy atom. The van der Waals surface area contributed by atoms with Crippen LogP contribution >= 0.6 is 0 Å². The highest BCUT2D eigenvalue weighted by atomic mass is 16.6. The van der Waals surface area contributed by atoms with E-state index >= 15 is 0 Å². The lowest BCUT2D eigenvalue weighted by Gasteiger charge is -2.39. The Kier molecular flexibility index (Phi) is 3.89. The molecular weight excluding hydrogens is 230 g/mol. The van der Waals surface area contributed by atoms with Gasteiger partial charge in [-0.05, 0) is 32.1 Å². The Morgan fingerprint density at radius 2 is 2.11 bits per heavy atom. The maximum atomic E-state index is 5.97. The van der Waals surface area contributed by atoms with E-state index in [1.54, 1.807) is 0 Å².